The van der Waals surface area contributed by atoms with Crippen LogP contribution in [0.3, 0.4) is 0 Å². The predicted molar refractivity (Wildman–Crippen MR) is 64.5 cm³/mol. The minimum absolute atomic E-state index is 0.0238. The fraction of sp³-hybridized carbons (Fsp3) is 1.00. The van der Waals surface area contributed by atoms with Crippen LogP contribution in [-0.2, 0) is 0 Å². The number of hydrogen-bond acceptors (Lipinski definition) is 1. The molecule has 1 unspecified atom stereocenters. The van der Waals surface area contributed by atoms with E-state index in [4.69, 9.17) is 5.73 Å². The Morgan fingerprint density at radius 1 is 1.33 bits per heavy atom. The first-order valence-electron chi connectivity index (χ1n) is 4.96. The molecule has 0 amide bonds. The minimum Gasteiger partial charge on any atom is -0.317 e. The van der Waals surface area contributed by atoms with Gasteiger partial charge in [0.15, 0.2) is 0 Å². The van der Waals surface area contributed by atoms with E-state index >= 15 is 0 Å². The van der Waals surface area contributed by atoms with Gasteiger partial charge in [-0.15, -0.1) is 0 Å². The Kier molecular flexibility index (Phi) is 6.55. The van der Waals surface area contributed by atoms with Gasteiger partial charge in [0.05, 0.1) is 3.55 Å². The quantitative estimate of drug-likeness (QED) is 0.342. The molecule has 1 nitrogen and oxygen atoms in total. The van der Waals surface area contributed by atoms with Gasteiger partial charge >= 0.3 is 0 Å². The van der Waals surface area contributed by atoms with Crippen LogP contribution in [0.4, 0.5) is 0 Å². The average molecular weight is 283 g/mol. The van der Waals surface area contributed by atoms with Gasteiger partial charge in [-0.1, -0.05) is 62.1 Å². The van der Waals surface area contributed by atoms with Crippen LogP contribution in [0.5, 0.6) is 0 Å². The van der Waals surface area contributed by atoms with E-state index in [9.17, 15) is 0 Å². The highest BCUT2D eigenvalue weighted by Crippen LogP contribution is 2.26. The second-order valence-corrected chi connectivity index (χ2v) is 6.23. The van der Waals surface area contributed by atoms with Crippen LogP contribution in [0.1, 0.15) is 52.9 Å². The van der Waals surface area contributed by atoms with Gasteiger partial charge in [-0.3, -0.25) is 0 Å². The van der Waals surface area contributed by atoms with Gasteiger partial charge in [0, 0.05) is 0 Å². The average Bonchev–Trinajstić information content (AvgIpc) is 1.96. The molecule has 0 aromatic rings. The summed E-state index contributed by atoms with van der Waals surface area (Å²) in [6, 6.07) is 0. The molecule has 0 fully saturated rings. The van der Waals surface area contributed by atoms with Crippen molar-refractivity contribution < 1.29 is 0 Å². The van der Waals surface area contributed by atoms with Gasteiger partial charge < -0.3 is 5.73 Å². The second-order valence-electron chi connectivity index (χ2n) is 3.90. The summed E-state index contributed by atoms with van der Waals surface area (Å²) in [7, 11) is 0. The molecule has 0 aromatic heterocycles. The molecule has 0 aliphatic rings. The van der Waals surface area contributed by atoms with Crippen LogP contribution in [0.2, 0.25) is 0 Å². The molecule has 0 rings (SSSR count). The van der Waals surface area contributed by atoms with Crippen LogP contribution in [0, 0.1) is 5.92 Å². The molecule has 2 heteroatoms. The van der Waals surface area contributed by atoms with Crippen LogP contribution in [0.25, 0.3) is 0 Å². The van der Waals surface area contributed by atoms with Crippen LogP contribution >= 0.6 is 22.6 Å². The summed E-state index contributed by atoms with van der Waals surface area (Å²) in [5, 5.41) is 0. The highest BCUT2D eigenvalue weighted by Gasteiger charge is 2.21. The Morgan fingerprint density at radius 3 is 2.33 bits per heavy atom. The first-order chi connectivity index (χ1) is 5.48. The van der Waals surface area contributed by atoms with Crippen molar-refractivity contribution in [2.45, 2.75) is 56.4 Å². The van der Waals surface area contributed by atoms with Gasteiger partial charge in [-0.05, 0) is 19.3 Å². The monoisotopic (exact) mass is 283 g/mol. The van der Waals surface area contributed by atoms with Crippen molar-refractivity contribution in [2.24, 2.45) is 11.7 Å². The van der Waals surface area contributed by atoms with Crippen molar-refractivity contribution in [1.29, 1.82) is 0 Å². The molecule has 0 spiro atoms. The number of nitrogens with two attached hydrogens (primary N) is 1. The zero-order valence-electron chi connectivity index (χ0n) is 8.57. The largest absolute Gasteiger partial charge is 0.317 e. The molecule has 0 bridgehead atoms. The molecule has 0 saturated heterocycles. The molecule has 2 atom stereocenters. The van der Waals surface area contributed by atoms with E-state index in [-0.39, 0.29) is 3.55 Å². The lowest BCUT2D eigenvalue weighted by Gasteiger charge is -2.25. The summed E-state index contributed by atoms with van der Waals surface area (Å²) in [6.45, 7) is 6.60. The number of hydrogen-bond donors (Lipinski definition) is 1. The highest BCUT2D eigenvalue weighted by molar-refractivity contribution is 14.1. The molecule has 12 heavy (non-hydrogen) atoms. The summed E-state index contributed by atoms with van der Waals surface area (Å²) in [5.74, 6) is 0.634. The topological polar surface area (TPSA) is 26.0 Å². The third kappa shape index (κ3) is 6.23. The normalized spacial score (nSPS) is 18.8. The van der Waals surface area contributed by atoms with E-state index in [0.717, 1.165) is 0 Å². The molecular weight excluding hydrogens is 261 g/mol. The first-order valence-corrected chi connectivity index (χ1v) is 6.04. The van der Waals surface area contributed by atoms with Crippen LogP contribution in [-0.4, -0.2) is 3.55 Å². The zero-order chi connectivity index (χ0) is 9.61. The third-order valence-electron chi connectivity index (χ3n) is 2.45. The van der Waals surface area contributed by atoms with E-state index in [1.165, 1.54) is 32.1 Å². The van der Waals surface area contributed by atoms with E-state index in [1.54, 1.807) is 0 Å². The number of alkyl halides is 1. The lowest BCUT2D eigenvalue weighted by molar-refractivity contribution is 0.412. The second kappa shape index (κ2) is 6.19. The van der Waals surface area contributed by atoms with Gasteiger partial charge in [0.2, 0.25) is 0 Å². The number of halogens is 1. The Morgan fingerprint density at radius 2 is 1.92 bits per heavy atom. The standard InChI is InChI=1S/C10H22IN/c1-4-5-6-7-8-9(2)10(3,11)12/h9H,4-8,12H2,1-3H3/t9?,10-/m0/s1. The SMILES string of the molecule is CCCCCCC(C)[C@](C)(N)I. The molecular formula is C10H22IN. The summed E-state index contributed by atoms with van der Waals surface area (Å²) in [5.41, 5.74) is 5.98. The molecule has 0 saturated carbocycles. The highest BCUT2D eigenvalue weighted by atomic mass is 127. The van der Waals surface area contributed by atoms with Crippen molar-refractivity contribution >= 4 is 22.6 Å². The van der Waals surface area contributed by atoms with Crippen molar-refractivity contribution in [1.82, 2.24) is 0 Å². The Bertz CT molecular complexity index is 107. The third-order valence-corrected chi connectivity index (χ3v) is 3.52. The van der Waals surface area contributed by atoms with Crippen LogP contribution < -0.4 is 5.73 Å². The summed E-state index contributed by atoms with van der Waals surface area (Å²) in [4.78, 5) is 0. The van der Waals surface area contributed by atoms with E-state index < -0.39 is 0 Å². The molecule has 0 aromatic carbocycles. The van der Waals surface area contributed by atoms with Gasteiger partial charge in [0.1, 0.15) is 0 Å². The van der Waals surface area contributed by atoms with Crippen LogP contribution in [0.15, 0.2) is 0 Å². The van der Waals surface area contributed by atoms with Gasteiger partial charge in [-0.25, -0.2) is 0 Å². The van der Waals surface area contributed by atoms with Gasteiger partial charge in [-0.2, -0.15) is 0 Å². The van der Waals surface area contributed by atoms with E-state index in [2.05, 4.69) is 43.4 Å². The van der Waals surface area contributed by atoms with Gasteiger partial charge in [0.25, 0.3) is 0 Å². The van der Waals surface area contributed by atoms with Crippen molar-refractivity contribution in [3.05, 3.63) is 0 Å². The lowest BCUT2D eigenvalue weighted by Crippen LogP contribution is -2.35. The summed E-state index contributed by atoms with van der Waals surface area (Å²) < 4.78 is -0.0238. The maximum Gasteiger partial charge on any atom is 0.0677 e. The molecule has 0 aliphatic heterocycles. The van der Waals surface area contributed by atoms with E-state index in [1.807, 2.05) is 0 Å². The van der Waals surface area contributed by atoms with Crippen molar-refractivity contribution in [3.63, 3.8) is 0 Å². The fourth-order valence-electron chi connectivity index (χ4n) is 1.16. The summed E-state index contributed by atoms with van der Waals surface area (Å²) >= 11 is 2.34. The van der Waals surface area contributed by atoms with Crippen molar-refractivity contribution in [2.75, 3.05) is 0 Å². The molecule has 2 N–H and O–H groups in total. The number of unbranched alkanes of at least 4 members (excludes halogenated alkanes) is 3. The Labute approximate surface area is 90.6 Å². The molecule has 0 radical (unpaired) electrons. The molecule has 0 heterocycles. The Balaban J connectivity index is 3.38. The first kappa shape index (κ1) is 12.7. The Hall–Kier alpha value is 0.690. The fourth-order valence-corrected chi connectivity index (χ4v) is 1.47. The van der Waals surface area contributed by atoms with Crippen molar-refractivity contribution in [3.8, 4) is 0 Å². The summed E-state index contributed by atoms with van der Waals surface area (Å²) in [6.07, 6.45) is 6.67. The predicted octanol–water partition coefficient (Wildman–Crippen LogP) is 3.70. The molecule has 74 valence electrons. The van der Waals surface area contributed by atoms with E-state index in [0.29, 0.717) is 5.92 Å². The number of rotatable bonds is 6. The maximum atomic E-state index is 5.98. The lowest BCUT2D eigenvalue weighted by atomic mass is 9.97. The minimum atomic E-state index is -0.0238. The smallest absolute Gasteiger partial charge is 0.0677 e. The maximum absolute atomic E-state index is 5.98. The zero-order valence-corrected chi connectivity index (χ0v) is 10.7. The molecule has 0 aliphatic carbocycles.